The predicted octanol–water partition coefficient (Wildman–Crippen LogP) is 14.7. The molecule has 18 atom stereocenters. The third kappa shape index (κ3) is 9.83. The smallest absolute Gasteiger partial charge is 0.347 e. The largest absolute Gasteiger partial charge is 0.463 e. The van der Waals surface area contributed by atoms with Gasteiger partial charge in [-0.3, -0.25) is 14.4 Å². The van der Waals surface area contributed by atoms with Crippen LogP contribution in [0.3, 0.4) is 0 Å². The van der Waals surface area contributed by atoms with Crippen molar-refractivity contribution >= 4 is 23.9 Å². The van der Waals surface area contributed by atoms with Gasteiger partial charge >= 0.3 is 23.9 Å². The van der Waals surface area contributed by atoms with E-state index in [1.54, 1.807) is 0 Å². The van der Waals surface area contributed by atoms with E-state index in [9.17, 15) is 9.90 Å². The molecule has 404 valence electrons. The number of carbonyl (C=O) groups is 4. The van der Waals surface area contributed by atoms with E-state index in [0.717, 1.165) is 38.5 Å². The van der Waals surface area contributed by atoms with Crippen LogP contribution in [0.1, 0.15) is 248 Å². The maximum absolute atomic E-state index is 15.9. The Hall–Kier alpha value is -2.16. The van der Waals surface area contributed by atoms with Gasteiger partial charge in [0.1, 0.15) is 11.2 Å². The molecule has 1 saturated heterocycles. The summed E-state index contributed by atoms with van der Waals surface area (Å²) in [5.74, 6) is 1.07. The van der Waals surface area contributed by atoms with Gasteiger partial charge in [0.15, 0.2) is 0 Å². The van der Waals surface area contributed by atoms with Crippen molar-refractivity contribution in [1.29, 1.82) is 0 Å². The van der Waals surface area contributed by atoms with E-state index in [0.29, 0.717) is 81.5 Å². The summed E-state index contributed by atoms with van der Waals surface area (Å²) in [5, 5.41) is 11.7. The van der Waals surface area contributed by atoms with Crippen LogP contribution < -0.4 is 0 Å². The first-order valence-electron chi connectivity index (χ1n) is 28.7. The van der Waals surface area contributed by atoms with E-state index in [4.69, 9.17) is 18.9 Å². The molecule has 5 fully saturated rings. The second-order valence-electron chi connectivity index (χ2n) is 28.0. The van der Waals surface area contributed by atoms with Crippen molar-refractivity contribution in [3.63, 3.8) is 0 Å². The van der Waals surface area contributed by atoms with E-state index in [-0.39, 0.29) is 48.6 Å². The Morgan fingerprint density at radius 1 is 0.700 bits per heavy atom. The number of hydrogen-bond acceptors (Lipinski definition) is 9. The zero-order valence-electron chi connectivity index (χ0n) is 48.6. The number of cyclic esters (lactones) is 1. The lowest BCUT2D eigenvalue weighted by atomic mass is 9.38. The minimum Gasteiger partial charge on any atom is -0.463 e. The van der Waals surface area contributed by atoms with Crippen LogP contribution in [0.2, 0.25) is 0 Å². The van der Waals surface area contributed by atoms with Gasteiger partial charge < -0.3 is 24.1 Å². The lowest BCUT2D eigenvalue weighted by Gasteiger charge is -2.65. The average Bonchev–Trinajstić information content (AvgIpc) is 3.67. The predicted molar refractivity (Wildman–Crippen MR) is 280 cm³/mol. The second-order valence-corrected chi connectivity index (χ2v) is 28.0. The van der Waals surface area contributed by atoms with Gasteiger partial charge in [0.05, 0.1) is 28.5 Å². The summed E-state index contributed by atoms with van der Waals surface area (Å²) < 4.78 is 26.2. The van der Waals surface area contributed by atoms with Gasteiger partial charge in [-0.2, -0.15) is 0 Å². The molecule has 18 unspecified atom stereocenters. The fourth-order valence-corrected chi connectivity index (χ4v) is 17.6. The molecule has 70 heavy (non-hydrogen) atoms. The van der Waals surface area contributed by atoms with E-state index in [1.165, 1.54) is 6.42 Å². The minimum absolute atomic E-state index is 0.140. The average molecular weight is 984 g/mol. The molecule has 0 radical (unpaired) electrons. The maximum Gasteiger partial charge on any atom is 0.347 e. The molecule has 9 heteroatoms. The Kier molecular flexibility index (Phi) is 17.2. The SMILES string of the molecule is CCC(C)CC(C)(C(=O)OC1(C)C(C)CC2CC(C)CC1C2)C(C)(CC)C(C)(C)CC(C)(C(=O)OC1CCOC1=O)C(C)(CC)C(C)(CC)C(C)(C(=O)OC12CC(C)CC(CC(C)(O)C1)C2)C(C)CC. The first-order chi connectivity index (χ1) is 32.1. The Bertz CT molecular complexity index is 1880. The van der Waals surface area contributed by atoms with E-state index in [2.05, 4.69) is 125 Å². The molecule has 5 aliphatic rings. The Morgan fingerprint density at radius 2 is 1.30 bits per heavy atom. The molecular weight excluding hydrogens is 877 g/mol. The molecule has 0 spiro atoms. The molecule has 1 heterocycles. The molecule has 0 aromatic rings. The quantitative estimate of drug-likeness (QED) is 0.0884. The van der Waals surface area contributed by atoms with Gasteiger partial charge in [-0.25, -0.2) is 4.79 Å². The first kappa shape index (κ1) is 58.7. The van der Waals surface area contributed by atoms with Crippen molar-refractivity contribution in [2.45, 2.75) is 271 Å². The number of esters is 4. The minimum atomic E-state index is -1.32. The summed E-state index contributed by atoms with van der Waals surface area (Å²) in [4.78, 5) is 60.9. The Morgan fingerprint density at radius 3 is 1.84 bits per heavy atom. The van der Waals surface area contributed by atoms with E-state index in [1.807, 2.05) is 13.8 Å². The molecule has 0 aromatic carbocycles. The zero-order valence-corrected chi connectivity index (χ0v) is 48.6. The van der Waals surface area contributed by atoms with Gasteiger partial charge in [-0.15, -0.1) is 0 Å². The molecule has 4 bridgehead atoms. The fourth-order valence-electron chi connectivity index (χ4n) is 17.6. The summed E-state index contributed by atoms with van der Waals surface area (Å²) in [6.07, 6.45) is 11.5. The lowest BCUT2D eigenvalue weighted by molar-refractivity contribution is -0.234. The van der Waals surface area contributed by atoms with Crippen molar-refractivity contribution in [3.05, 3.63) is 0 Å². The summed E-state index contributed by atoms with van der Waals surface area (Å²) >= 11 is 0. The van der Waals surface area contributed by atoms with Crippen LogP contribution in [0, 0.1) is 85.2 Å². The van der Waals surface area contributed by atoms with Crippen molar-refractivity contribution in [2.24, 2.45) is 85.2 Å². The molecule has 1 N–H and O–H groups in total. The summed E-state index contributed by atoms with van der Waals surface area (Å²) in [6, 6.07) is 0. The number of aliphatic hydroxyl groups is 1. The Labute approximate surface area is 428 Å². The van der Waals surface area contributed by atoms with Gasteiger partial charge in [-0.1, -0.05) is 117 Å². The maximum atomic E-state index is 15.9. The third-order valence-corrected chi connectivity index (χ3v) is 23.4. The van der Waals surface area contributed by atoms with Crippen LogP contribution >= 0.6 is 0 Å². The molecule has 1 aliphatic heterocycles. The van der Waals surface area contributed by atoms with Crippen molar-refractivity contribution in [1.82, 2.24) is 0 Å². The number of ether oxygens (including phenoxy) is 4. The highest BCUT2D eigenvalue weighted by atomic mass is 16.6. The standard InChI is InChI=1S/C61H106O9/c1-21-39(6)33-54(14,50(64)69-60(20)43(10)31-44-28-40(7)30-46(60)32-44)56(16,23-3)52(11,12)37-55(15,49(63)68-47-26-27-67-48(47)62)57(17,24-4)58(18,25-5)59(19,42(9)22-2)51(65)70-61-34-41(8)29-45(36-61)35-53(13,66)38-61/h39-47,66H,21-38H2,1-20H3. The molecule has 9 nitrogen and oxygen atoms in total. The molecule has 4 saturated carbocycles. The molecule has 5 rings (SSSR count). The van der Waals surface area contributed by atoms with Crippen LogP contribution in [-0.4, -0.2) is 58.5 Å². The van der Waals surface area contributed by atoms with E-state index >= 15 is 14.4 Å². The van der Waals surface area contributed by atoms with Crippen molar-refractivity contribution in [2.75, 3.05) is 6.61 Å². The number of carbonyl (C=O) groups excluding carboxylic acids is 4. The topological polar surface area (TPSA) is 125 Å². The van der Waals surface area contributed by atoms with Crippen LogP contribution in [0.4, 0.5) is 0 Å². The number of rotatable bonds is 21. The monoisotopic (exact) mass is 983 g/mol. The van der Waals surface area contributed by atoms with E-state index < -0.39 is 72.8 Å². The number of hydrogen-bond donors (Lipinski definition) is 1. The fraction of sp³-hybridized carbons (Fsp3) is 0.934. The van der Waals surface area contributed by atoms with Gasteiger partial charge in [0.2, 0.25) is 6.10 Å². The normalized spacial score (nSPS) is 37.3. The first-order valence-corrected chi connectivity index (χ1v) is 28.7. The van der Waals surface area contributed by atoms with Crippen LogP contribution in [0.15, 0.2) is 0 Å². The van der Waals surface area contributed by atoms with Crippen molar-refractivity contribution < 1.29 is 43.2 Å². The van der Waals surface area contributed by atoms with Gasteiger partial charge in [-0.05, 0) is 187 Å². The van der Waals surface area contributed by atoms with Crippen LogP contribution in [0.25, 0.3) is 0 Å². The molecule has 0 aromatic heterocycles. The molecular formula is C61H106O9. The summed E-state index contributed by atoms with van der Waals surface area (Å²) in [6.45, 7) is 43.8. The zero-order chi connectivity index (χ0) is 53.1. The van der Waals surface area contributed by atoms with Gasteiger partial charge in [0.25, 0.3) is 0 Å². The number of fused-ring (bicyclic) bond motifs is 4. The molecule has 4 aliphatic carbocycles. The second kappa shape index (κ2) is 20.5. The van der Waals surface area contributed by atoms with Crippen LogP contribution in [-0.2, 0) is 38.1 Å². The highest BCUT2D eigenvalue weighted by Gasteiger charge is 2.71. The third-order valence-electron chi connectivity index (χ3n) is 23.4. The summed E-state index contributed by atoms with van der Waals surface area (Å²) in [7, 11) is 0. The summed E-state index contributed by atoms with van der Waals surface area (Å²) in [5.41, 5.74) is -9.00. The molecule has 0 amide bonds. The van der Waals surface area contributed by atoms with Crippen LogP contribution in [0.5, 0.6) is 0 Å². The highest BCUT2D eigenvalue weighted by Crippen LogP contribution is 2.71. The highest BCUT2D eigenvalue weighted by molar-refractivity contribution is 5.85. The Balaban J connectivity index is 1.69. The van der Waals surface area contributed by atoms with Gasteiger partial charge in [0, 0.05) is 12.8 Å². The lowest BCUT2D eigenvalue weighted by Crippen LogP contribution is -2.65. The van der Waals surface area contributed by atoms with Crippen molar-refractivity contribution in [3.8, 4) is 0 Å².